The first-order valence-electron chi connectivity index (χ1n) is 8.99. The number of aromatic hydroxyl groups is 1. The van der Waals surface area contributed by atoms with Crippen LogP contribution in [-0.4, -0.2) is 15.1 Å². The second kappa shape index (κ2) is 9.38. The predicted octanol–water partition coefficient (Wildman–Crippen LogP) is 6.08. The Kier molecular flexibility index (Phi) is 6.89. The number of benzene rings is 2. The quantitative estimate of drug-likeness (QED) is 0.298. The van der Waals surface area contributed by atoms with Crippen molar-refractivity contribution in [2.75, 3.05) is 0 Å². The monoisotopic (exact) mass is 578 g/mol. The van der Waals surface area contributed by atoms with Gasteiger partial charge in [0.15, 0.2) is 0 Å². The van der Waals surface area contributed by atoms with Gasteiger partial charge in [0.25, 0.3) is 0 Å². The molecule has 0 aliphatic rings. The van der Waals surface area contributed by atoms with Gasteiger partial charge in [-0.1, -0.05) is 40.9 Å². The van der Waals surface area contributed by atoms with Crippen LogP contribution >= 0.6 is 11.8 Å². The van der Waals surface area contributed by atoms with Crippen LogP contribution in [0.4, 0.5) is 0 Å². The number of aromatic nitrogens is 2. The molecule has 3 nitrogen and oxygen atoms in total. The third-order valence-corrected chi connectivity index (χ3v) is 5.28. The molecule has 0 saturated carbocycles. The maximum atomic E-state index is 10.5. The second-order valence-electron chi connectivity index (χ2n) is 6.58. The molecular weight excluding hydrogens is 559 g/mol. The van der Waals surface area contributed by atoms with Gasteiger partial charge in [0, 0.05) is 32.8 Å². The van der Waals surface area contributed by atoms with Gasteiger partial charge in [0.2, 0.25) is 0 Å². The Balaban J connectivity index is 0.00000240. The van der Waals surface area contributed by atoms with Crippen LogP contribution in [0.3, 0.4) is 0 Å². The minimum absolute atomic E-state index is 0. The summed E-state index contributed by atoms with van der Waals surface area (Å²) in [5.74, 6) is 0.277. The zero-order chi connectivity index (χ0) is 19.5. The van der Waals surface area contributed by atoms with Crippen molar-refractivity contribution in [3.8, 4) is 28.3 Å². The summed E-state index contributed by atoms with van der Waals surface area (Å²) in [5, 5.41) is 11.4. The number of hydrogen-bond donors (Lipinski definition) is 1. The smallest absolute Gasteiger partial charge is 0.127 e. The van der Waals surface area contributed by atoms with Crippen LogP contribution in [-0.2, 0) is 21.1 Å². The SMILES string of the molecule is Cc1cc(C)c(O)c(-c2cccc(-c3[c-]c(Sc4ccccn4)ccc3)n2)c1.[Pt]. The molecule has 148 valence electrons. The summed E-state index contributed by atoms with van der Waals surface area (Å²) in [5.41, 5.74) is 5.17. The molecule has 0 unspecified atom stereocenters. The molecule has 0 aliphatic heterocycles. The summed E-state index contributed by atoms with van der Waals surface area (Å²) in [6, 6.07) is 25.1. The zero-order valence-electron chi connectivity index (χ0n) is 16.0. The molecule has 0 saturated heterocycles. The molecule has 2 heterocycles. The van der Waals surface area contributed by atoms with Crippen molar-refractivity contribution in [1.82, 2.24) is 9.97 Å². The minimum atomic E-state index is 0. The molecule has 0 bridgehead atoms. The Morgan fingerprint density at radius 2 is 1.69 bits per heavy atom. The molecular formula is C24H19N2OPtS-. The zero-order valence-corrected chi connectivity index (χ0v) is 19.1. The molecule has 2 aromatic carbocycles. The topological polar surface area (TPSA) is 46.0 Å². The van der Waals surface area contributed by atoms with Crippen molar-refractivity contribution < 1.29 is 26.2 Å². The van der Waals surface area contributed by atoms with E-state index in [9.17, 15) is 5.11 Å². The van der Waals surface area contributed by atoms with Crippen molar-refractivity contribution in [3.63, 3.8) is 0 Å². The van der Waals surface area contributed by atoms with Crippen LogP contribution in [0, 0.1) is 19.9 Å². The molecule has 5 heteroatoms. The van der Waals surface area contributed by atoms with Gasteiger partial charge in [0.05, 0.1) is 10.7 Å². The van der Waals surface area contributed by atoms with Crippen molar-refractivity contribution in [2.45, 2.75) is 23.8 Å². The van der Waals surface area contributed by atoms with E-state index in [1.165, 1.54) is 0 Å². The number of phenols is 1. The van der Waals surface area contributed by atoms with Gasteiger partial charge in [-0.2, -0.15) is 0 Å². The van der Waals surface area contributed by atoms with E-state index >= 15 is 0 Å². The summed E-state index contributed by atoms with van der Waals surface area (Å²) >= 11 is 1.57. The van der Waals surface area contributed by atoms with Crippen molar-refractivity contribution in [3.05, 3.63) is 90.1 Å². The Hall–Kier alpha value is -2.42. The Morgan fingerprint density at radius 1 is 0.897 bits per heavy atom. The van der Waals surface area contributed by atoms with Gasteiger partial charge in [-0.3, -0.25) is 4.98 Å². The van der Waals surface area contributed by atoms with Gasteiger partial charge in [-0.25, -0.2) is 4.98 Å². The summed E-state index contributed by atoms with van der Waals surface area (Å²) < 4.78 is 0. The number of rotatable bonds is 4. The third kappa shape index (κ3) is 4.95. The Bertz CT molecular complexity index is 1130. The molecule has 0 atom stereocenters. The second-order valence-corrected chi connectivity index (χ2v) is 7.65. The van der Waals surface area contributed by atoms with Crippen molar-refractivity contribution in [2.24, 2.45) is 0 Å². The first kappa shape index (κ1) is 21.3. The number of nitrogens with zero attached hydrogens (tertiary/aromatic N) is 2. The third-order valence-electron chi connectivity index (χ3n) is 4.37. The molecule has 1 N–H and O–H groups in total. The average molecular weight is 579 g/mol. The van der Waals surface area contributed by atoms with E-state index in [1.807, 2.05) is 80.6 Å². The van der Waals surface area contributed by atoms with E-state index in [1.54, 1.807) is 18.0 Å². The van der Waals surface area contributed by atoms with Crippen LogP contribution in [0.1, 0.15) is 11.1 Å². The van der Waals surface area contributed by atoms with Crippen LogP contribution in [0.25, 0.3) is 22.5 Å². The molecule has 29 heavy (non-hydrogen) atoms. The molecule has 0 spiro atoms. The minimum Gasteiger partial charge on any atom is -0.507 e. The molecule has 4 rings (SSSR count). The number of aryl methyl sites for hydroxylation is 2. The molecule has 0 amide bonds. The van der Waals surface area contributed by atoms with Crippen LogP contribution in [0.15, 0.2) is 82.8 Å². The largest absolute Gasteiger partial charge is 0.507 e. The van der Waals surface area contributed by atoms with E-state index in [4.69, 9.17) is 4.98 Å². The van der Waals surface area contributed by atoms with E-state index in [-0.39, 0.29) is 26.8 Å². The summed E-state index contributed by atoms with van der Waals surface area (Å²) in [6.07, 6.45) is 1.79. The van der Waals surface area contributed by atoms with Crippen LogP contribution in [0.2, 0.25) is 0 Å². The first-order chi connectivity index (χ1) is 13.6. The Morgan fingerprint density at radius 3 is 2.48 bits per heavy atom. The Labute approximate surface area is 189 Å². The summed E-state index contributed by atoms with van der Waals surface area (Å²) in [7, 11) is 0. The molecule has 4 aromatic rings. The van der Waals surface area contributed by atoms with Crippen LogP contribution in [0.5, 0.6) is 5.75 Å². The fraction of sp³-hybridized carbons (Fsp3) is 0.0833. The average Bonchev–Trinajstić information content (AvgIpc) is 2.72. The van der Waals surface area contributed by atoms with Gasteiger partial charge in [-0.05, 0) is 54.9 Å². The van der Waals surface area contributed by atoms with Crippen molar-refractivity contribution in [1.29, 1.82) is 0 Å². The number of hydrogen-bond acceptors (Lipinski definition) is 4. The van der Waals surface area contributed by atoms with Gasteiger partial charge in [0.1, 0.15) is 5.75 Å². The number of pyridine rings is 2. The summed E-state index contributed by atoms with van der Waals surface area (Å²) in [4.78, 5) is 10.1. The normalized spacial score (nSPS) is 10.4. The fourth-order valence-corrected chi connectivity index (χ4v) is 3.86. The van der Waals surface area contributed by atoms with E-state index in [0.29, 0.717) is 0 Å². The van der Waals surface area contributed by atoms with E-state index < -0.39 is 0 Å². The van der Waals surface area contributed by atoms with Gasteiger partial charge >= 0.3 is 0 Å². The van der Waals surface area contributed by atoms with Gasteiger partial charge < -0.3 is 5.11 Å². The van der Waals surface area contributed by atoms with Crippen LogP contribution < -0.4 is 0 Å². The maximum absolute atomic E-state index is 10.5. The standard InChI is InChI=1S/C24H19N2OS.Pt/c1-16-13-17(2)24(27)20(14-16)22-10-6-9-21(26-22)18-7-5-8-19(15-18)28-23-11-3-4-12-25-23;/h3-14,27H,1-2H3;/q-1;. The molecule has 0 radical (unpaired) electrons. The maximum Gasteiger partial charge on any atom is 0.127 e. The molecule has 0 fully saturated rings. The first-order valence-corrected chi connectivity index (χ1v) is 9.81. The summed E-state index contributed by atoms with van der Waals surface area (Å²) in [6.45, 7) is 3.92. The predicted molar refractivity (Wildman–Crippen MR) is 113 cm³/mol. The fourth-order valence-electron chi connectivity index (χ4n) is 3.07. The van der Waals surface area contributed by atoms with Gasteiger partial charge in [-0.15, -0.1) is 29.8 Å². The van der Waals surface area contributed by atoms with E-state index in [0.717, 1.165) is 43.6 Å². The van der Waals surface area contributed by atoms with E-state index in [2.05, 4.69) is 11.1 Å². The van der Waals surface area contributed by atoms with Crippen molar-refractivity contribution >= 4 is 11.8 Å². The molecule has 2 aromatic heterocycles. The molecule has 0 aliphatic carbocycles. The number of phenolic OH excluding ortho intramolecular Hbond substituents is 1.